The molecule has 0 fully saturated rings. The zero-order valence-corrected chi connectivity index (χ0v) is 12.0. The van der Waals surface area contributed by atoms with Crippen molar-refractivity contribution in [1.29, 1.82) is 0 Å². The minimum atomic E-state index is 1.23. The molecule has 16 heavy (non-hydrogen) atoms. The fourth-order valence-electron chi connectivity index (χ4n) is 1.96. The van der Waals surface area contributed by atoms with Gasteiger partial charge in [0.2, 0.25) is 0 Å². The molecular formula is C12H5BrS3. The lowest BCUT2D eigenvalue weighted by Gasteiger charge is -1.85. The normalized spacial score (nSPS) is 12.1. The van der Waals surface area contributed by atoms with Gasteiger partial charge in [-0.15, -0.1) is 34.0 Å². The van der Waals surface area contributed by atoms with Gasteiger partial charge in [-0.1, -0.05) is 18.2 Å². The smallest absolute Gasteiger partial charge is 0.0719 e. The van der Waals surface area contributed by atoms with Crippen LogP contribution < -0.4 is 0 Å². The zero-order valence-electron chi connectivity index (χ0n) is 7.99. The van der Waals surface area contributed by atoms with Crippen molar-refractivity contribution in [2.75, 3.05) is 0 Å². The number of benzene rings is 1. The molecule has 0 nitrogen and oxygen atoms in total. The van der Waals surface area contributed by atoms with Crippen molar-refractivity contribution >= 4 is 78.8 Å². The van der Waals surface area contributed by atoms with Crippen LogP contribution in [0.4, 0.5) is 0 Å². The number of rotatable bonds is 0. The van der Waals surface area contributed by atoms with Crippen LogP contribution in [0.2, 0.25) is 0 Å². The largest absolute Gasteiger partial charge is 0.133 e. The summed E-state index contributed by atoms with van der Waals surface area (Å²) in [5.74, 6) is 0. The molecular weight excluding hydrogens is 320 g/mol. The van der Waals surface area contributed by atoms with Crippen LogP contribution in [0.1, 0.15) is 0 Å². The summed E-state index contributed by atoms with van der Waals surface area (Å²) >= 11 is 9.22. The number of hydrogen-bond donors (Lipinski definition) is 0. The SMILES string of the molecule is Brc1cc2sc3c4ccccc4sc3c2s1. The number of halogens is 1. The first-order valence-electron chi connectivity index (χ1n) is 4.82. The Hall–Kier alpha value is -0.420. The highest BCUT2D eigenvalue weighted by Crippen LogP contribution is 2.47. The molecule has 78 valence electrons. The van der Waals surface area contributed by atoms with Crippen LogP contribution in [-0.4, -0.2) is 0 Å². The first-order chi connectivity index (χ1) is 7.83. The number of hydrogen-bond acceptors (Lipinski definition) is 3. The molecule has 0 aliphatic carbocycles. The minimum Gasteiger partial charge on any atom is -0.133 e. The second kappa shape index (κ2) is 3.29. The van der Waals surface area contributed by atoms with Crippen LogP contribution in [0, 0.1) is 0 Å². The van der Waals surface area contributed by atoms with E-state index in [4.69, 9.17) is 0 Å². The molecule has 0 bridgehead atoms. The monoisotopic (exact) mass is 324 g/mol. The van der Waals surface area contributed by atoms with E-state index >= 15 is 0 Å². The maximum absolute atomic E-state index is 3.56. The van der Waals surface area contributed by atoms with E-state index in [9.17, 15) is 0 Å². The lowest BCUT2D eigenvalue weighted by molar-refractivity contribution is 1.87. The lowest BCUT2D eigenvalue weighted by Crippen LogP contribution is -1.58. The van der Waals surface area contributed by atoms with Gasteiger partial charge in [-0.05, 0) is 28.1 Å². The van der Waals surface area contributed by atoms with E-state index < -0.39 is 0 Å². The summed E-state index contributed by atoms with van der Waals surface area (Å²) < 4.78 is 8.38. The van der Waals surface area contributed by atoms with E-state index in [1.165, 1.54) is 32.7 Å². The van der Waals surface area contributed by atoms with Gasteiger partial charge in [-0.25, -0.2) is 0 Å². The molecule has 4 heteroatoms. The van der Waals surface area contributed by atoms with Crippen molar-refractivity contribution < 1.29 is 0 Å². The van der Waals surface area contributed by atoms with Gasteiger partial charge >= 0.3 is 0 Å². The summed E-state index contributed by atoms with van der Waals surface area (Å²) in [6, 6.07) is 10.9. The van der Waals surface area contributed by atoms with Gasteiger partial charge in [-0.3, -0.25) is 0 Å². The molecule has 0 radical (unpaired) electrons. The van der Waals surface area contributed by atoms with Crippen LogP contribution in [0.5, 0.6) is 0 Å². The summed E-state index contributed by atoms with van der Waals surface area (Å²) in [5.41, 5.74) is 0. The third-order valence-electron chi connectivity index (χ3n) is 2.64. The van der Waals surface area contributed by atoms with Crippen LogP contribution in [-0.2, 0) is 0 Å². The molecule has 0 unspecified atom stereocenters. The maximum Gasteiger partial charge on any atom is 0.0719 e. The first kappa shape index (κ1) is 9.59. The van der Waals surface area contributed by atoms with Crippen LogP contribution in [0.15, 0.2) is 34.1 Å². The molecule has 0 N–H and O–H groups in total. The Morgan fingerprint density at radius 1 is 0.812 bits per heavy atom. The third kappa shape index (κ3) is 1.19. The average Bonchev–Trinajstić information content (AvgIpc) is 2.87. The fourth-order valence-corrected chi connectivity index (χ4v) is 6.70. The van der Waals surface area contributed by atoms with E-state index in [1.54, 1.807) is 0 Å². The van der Waals surface area contributed by atoms with Gasteiger partial charge in [0.25, 0.3) is 0 Å². The third-order valence-corrected chi connectivity index (χ3v) is 7.04. The summed E-state index contributed by atoms with van der Waals surface area (Å²) in [5, 5.41) is 1.41. The Kier molecular flexibility index (Phi) is 1.97. The van der Waals surface area contributed by atoms with E-state index in [1.807, 2.05) is 34.0 Å². The zero-order chi connectivity index (χ0) is 10.7. The Labute approximate surface area is 112 Å². The summed E-state index contributed by atoms with van der Waals surface area (Å²) in [4.78, 5) is 0. The Bertz CT molecular complexity index is 819. The van der Waals surface area contributed by atoms with Crippen LogP contribution >= 0.6 is 49.9 Å². The molecule has 1 aromatic carbocycles. The molecule has 0 saturated heterocycles. The second-order valence-electron chi connectivity index (χ2n) is 3.60. The predicted octanol–water partition coefficient (Wildman–Crippen LogP) is 6.09. The maximum atomic E-state index is 3.56. The van der Waals surface area contributed by atoms with Gasteiger partial charge < -0.3 is 0 Å². The van der Waals surface area contributed by atoms with E-state index in [2.05, 4.69) is 46.3 Å². The second-order valence-corrected chi connectivity index (χ2v) is 8.14. The van der Waals surface area contributed by atoms with Crippen LogP contribution in [0.25, 0.3) is 28.9 Å². The van der Waals surface area contributed by atoms with E-state index in [-0.39, 0.29) is 0 Å². The Morgan fingerprint density at radius 2 is 1.62 bits per heavy atom. The molecule has 3 heterocycles. The molecule has 0 atom stereocenters. The topological polar surface area (TPSA) is 0 Å². The van der Waals surface area contributed by atoms with Gasteiger partial charge in [0.1, 0.15) is 0 Å². The fraction of sp³-hybridized carbons (Fsp3) is 0. The van der Waals surface area contributed by atoms with Gasteiger partial charge in [0.05, 0.1) is 17.9 Å². The predicted molar refractivity (Wildman–Crippen MR) is 80.3 cm³/mol. The molecule has 0 saturated carbocycles. The average molecular weight is 325 g/mol. The number of thiophene rings is 3. The Balaban J connectivity index is 2.32. The quantitative estimate of drug-likeness (QED) is 0.367. The van der Waals surface area contributed by atoms with Crippen molar-refractivity contribution in [2.45, 2.75) is 0 Å². The highest BCUT2D eigenvalue weighted by Gasteiger charge is 2.13. The van der Waals surface area contributed by atoms with Gasteiger partial charge in [-0.2, -0.15) is 0 Å². The number of fused-ring (bicyclic) bond motifs is 5. The minimum absolute atomic E-state index is 1.23. The summed E-state index contributed by atoms with van der Waals surface area (Å²) in [6.45, 7) is 0. The molecule has 4 aromatic rings. The summed E-state index contributed by atoms with van der Waals surface area (Å²) in [6.07, 6.45) is 0. The summed E-state index contributed by atoms with van der Waals surface area (Å²) in [7, 11) is 0. The van der Waals surface area contributed by atoms with Crippen molar-refractivity contribution in [3.05, 3.63) is 34.1 Å². The van der Waals surface area contributed by atoms with Gasteiger partial charge in [0, 0.05) is 14.8 Å². The van der Waals surface area contributed by atoms with Crippen LogP contribution in [0.3, 0.4) is 0 Å². The highest BCUT2D eigenvalue weighted by molar-refractivity contribution is 9.11. The van der Waals surface area contributed by atoms with Crippen molar-refractivity contribution in [1.82, 2.24) is 0 Å². The van der Waals surface area contributed by atoms with Crippen molar-refractivity contribution in [2.24, 2.45) is 0 Å². The molecule has 0 spiro atoms. The molecule has 0 amide bonds. The van der Waals surface area contributed by atoms with Crippen molar-refractivity contribution in [3.63, 3.8) is 0 Å². The standard InChI is InChI=1S/C12H5BrS3/c13-9-5-8-11(16-9)12-10(15-8)6-3-1-2-4-7(6)14-12/h1-5H. The molecule has 0 aliphatic heterocycles. The molecule has 4 rings (SSSR count). The van der Waals surface area contributed by atoms with Gasteiger partial charge in [0.15, 0.2) is 0 Å². The lowest BCUT2D eigenvalue weighted by atomic mass is 10.2. The van der Waals surface area contributed by atoms with Crippen molar-refractivity contribution in [3.8, 4) is 0 Å². The first-order valence-corrected chi connectivity index (χ1v) is 8.06. The highest BCUT2D eigenvalue weighted by atomic mass is 79.9. The molecule has 0 aliphatic rings. The Morgan fingerprint density at radius 3 is 2.56 bits per heavy atom. The molecule has 3 aromatic heterocycles. The van der Waals surface area contributed by atoms with E-state index in [0.717, 1.165) is 0 Å². The van der Waals surface area contributed by atoms with E-state index in [0.29, 0.717) is 0 Å².